The third kappa shape index (κ3) is 15.9. The zero-order valence-corrected chi connectivity index (χ0v) is 14.5. The van der Waals surface area contributed by atoms with Gasteiger partial charge in [0.05, 0.1) is 0 Å². The second kappa shape index (κ2) is 15.4. The molecular weight excluding hydrogens is 304 g/mol. The molecule has 0 rings (SSSR count). The van der Waals surface area contributed by atoms with E-state index in [0.29, 0.717) is 6.42 Å². The first-order valence-electron chi connectivity index (χ1n) is 8.24. The lowest BCUT2D eigenvalue weighted by molar-refractivity contribution is -0.144. The highest BCUT2D eigenvalue weighted by atomic mass is 16.5. The normalized spacial score (nSPS) is 11.4. The number of carboxylic acids is 1. The summed E-state index contributed by atoms with van der Waals surface area (Å²) < 4.78 is 5.24. The Bertz CT molecular complexity index is 550. The van der Waals surface area contributed by atoms with Crippen LogP contribution in [0.25, 0.3) is 0 Å². The van der Waals surface area contributed by atoms with Gasteiger partial charge in [-0.05, 0) is 56.3 Å². The van der Waals surface area contributed by atoms with Gasteiger partial charge in [-0.25, -0.2) is 0 Å². The Balaban J connectivity index is 4.12. The molecule has 0 aliphatic rings. The lowest BCUT2D eigenvalue weighted by Gasteiger charge is -2.12. The van der Waals surface area contributed by atoms with E-state index in [-0.39, 0.29) is 18.5 Å². The number of carbonyl (C=O) groups excluding carboxylic acids is 1. The van der Waals surface area contributed by atoms with Gasteiger partial charge in [0.2, 0.25) is 0 Å². The smallest absolute Gasteiger partial charge is 0.303 e. The van der Waals surface area contributed by atoms with Crippen molar-refractivity contribution < 1.29 is 19.4 Å². The van der Waals surface area contributed by atoms with Gasteiger partial charge in [0, 0.05) is 13.3 Å². The van der Waals surface area contributed by atoms with Crippen LogP contribution in [0.5, 0.6) is 0 Å². The van der Waals surface area contributed by atoms with Gasteiger partial charge in [-0.15, -0.1) is 0 Å². The number of carboxylic acid groups (broad SMARTS) is 1. The number of unbranched alkanes of at least 4 members (excludes halogenated alkanes) is 4. The fourth-order valence-electron chi connectivity index (χ4n) is 1.95. The number of esters is 1. The SMILES string of the molecule is C/C=C/C#CC#C/C=C/[C@H](CCCCCCCC(=O)O)OC(C)=O. The molecule has 0 fully saturated rings. The fraction of sp³-hybridized carbons (Fsp3) is 0.500. The number of rotatable bonds is 10. The van der Waals surface area contributed by atoms with Crippen molar-refractivity contribution in [2.24, 2.45) is 0 Å². The fourth-order valence-corrected chi connectivity index (χ4v) is 1.95. The molecule has 0 aliphatic heterocycles. The molecule has 0 heterocycles. The van der Waals surface area contributed by atoms with E-state index in [4.69, 9.17) is 9.84 Å². The Labute approximate surface area is 145 Å². The summed E-state index contributed by atoms with van der Waals surface area (Å²) >= 11 is 0. The van der Waals surface area contributed by atoms with Crippen molar-refractivity contribution in [1.82, 2.24) is 0 Å². The predicted octanol–water partition coefficient (Wildman–Crippen LogP) is 3.87. The highest BCUT2D eigenvalue weighted by molar-refractivity contribution is 5.66. The Kier molecular flexibility index (Phi) is 13.9. The monoisotopic (exact) mass is 330 g/mol. The number of hydrogen-bond acceptors (Lipinski definition) is 3. The van der Waals surface area contributed by atoms with Crippen molar-refractivity contribution in [3.63, 3.8) is 0 Å². The zero-order chi connectivity index (χ0) is 18.0. The van der Waals surface area contributed by atoms with Crippen LogP contribution < -0.4 is 0 Å². The lowest BCUT2D eigenvalue weighted by atomic mass is 10.1. The van der Waals surface area contributed by atoms with Crippen molar-refractivity contribution in [3.05, 3.63) is 24.3 Å². The Hall–Kier alpha value is -2.46. The van der Waals surface area contributed by atoms with E-state index < -0.39 is 5.97 Å². The topological polar surface area (TPSA) is 63.6 Å². The van der Waals surface area contributed by atoms with E-state index in [1.165, 1.54) is 6.92 Å². The maximum absolute atomic E-state index is 11.1. The quantitative estimate of drug-likeness (QED) is 0.375. The first-order valence-corrected chi connectivity index (χ1v) is 8.24. The van der Waals surface area contributed by atoms with Gasteiger partial charge in [0.15, 0.2) is 0 Å². The minimum absolute atomic E-state index is 0.231. The molecule has 0 amide bonds. The molecule has 24 heavy (non-hydrogen) atoms. The Morgan fingerprint density at radius 3 is 2.29 bits per heavy atom. The van der Waals surface area contributed by atoms with E-state index >= 15 is 0 Å². The van der Waals surface area contributed by atoms with E-state index in [1.54, 1.807) is 18.2 Å². The predicted molar refractivity (Wildman–Crippen MR) is 95.0 cm³/mol. The summed E-state index contributed by atoms with van der Waals surface area (Å²) in [5.41, 5.74) is 0. The van der Waals surface area contributed by atoms with Crippen LogP contribution in [0, 0.1) is 23.7 Å². The average molecular weight is 330 g/mol. The summed E-state index contributed by atoms with van der Waals surface area (Å²) in [7, 11) is 0. The minimum atomic E-state index is -0.744. The first kappa shape index (κ1) is 21.5. The summed E-state index contributed by atoms with van der Waals surface area (Å²) in [6.07, 6.45) is 12.2. The molecule has 0 spiro atoms. The second-order valence-corrected chi connectivity index (χ2v) is 5.25. The van der Waals surface area contributed by atoms with Crippen LogP contribution >= 0.6 is 0 Å². The highest BCUT2D eigenvalue weighted by Gasteiger charge is 2.07. The summed E-state index contributed by atoms with van der Waals surface area (Å²) in [5, 5.41) is 8.56. The maximum atomic E-state index is 11.1. The van der Waals surface area contributed by atoms with Crippen LogP contribution in [0.4, 0.5) is 0 Å². The molecule has 0 aromatic carbocycles. The van der Waals surface area contributed by atoms with Gasteiger partial charge < -0.3 is 9.84 Å². The van der Waals surface area contributed by atoms with Crippen LogP contribution in [0.3, 0.4) is 0 Å². The molecule has 0 saturated carbocycles. The van der Waals surface area contributed by atoms with Gasteiger partial charge in [0.1, 0.15) is 6.10 Å². The van der Waals surface area contributed by atoms with Gasteiger partial charge in [0.25, 0.3) is 0 Å². The Morgan fingerprint density at radius 2 is 1.67 bits per heavy atom. The van der Waals surface area contributed by atoms with Crippen LogP contribution in [0.2, 0.25) is 0 Å². The summed E-state index contributed by atoms with van der Waals surface area (Å²) in [6.45, 7) is 3.28. The molecule has 4 nitrogen and oxygen atoms in total. The van der Waals surface area contributed by atoms with Gasteiger partial charge in [-0.3, -0.25) is 9.59 Å². The first-order chi connectivity index (χ1) is 11.6. The summed E-state index contributed by atoms with van der Waals surface area (Å²) in [4.78, 5) is 21.5. The molecule has 0 radical (unpaired) electrons. The van der Waals surface area contributed by atoms with Crippen molar-refractivity contribution in [2.75, 3.05) is 0 Å². The van der Waals surface area contributed by atoms with E-state index in [0.717, 1.165) is 32.1 Å². The molecule has 0 bridgehead atoms. The third-order valence-electron chi connectivity index (χ3n) is 3.05. The number of allylic oxidation sites excluding steroid dienone is 3. The Morgan fingerprint density at radius 1 is 1.04 bits per heavy atom. The molecule has 1 atom stereocenters. The van der Waals surface area contributed by atoms with Crippen molar-refractivity contribution >= 4 is 11.9 Å². The second-order valence-electron chi connectivity index (χ2n) is 5.25. The standard InChI is InChI=1S/C20H26O4/c1-3-4-5-6-7-9-12-15-19(24-18(2)21)16-13-10-8-11-14-17-20(22)23/h3-4,12,15,19H,8,10-11,13-14,16-17H2,1-2H3,(H,22,23)/b4-3+,15-12+/t19-/m1/s1. The molecular formula is C20H26O4. The molecule has 4 heteroatoms. The van der Waals surface area contributed by atoms with E-state index in [1.807, 2.05) is 13.0 Å². The van der Waals surface area contributed by atoms with Crippen LogP contribution in [-0.2, 0) is 14.3 Å². The lowest BCUT2D eigenvalue weighted by Crippen LogP contribution is -2.13. The molecule has 130 valence electrons. The molecule has 0 aromatic rings. The average Bonchev–Trinajstić information content (AvgIpc) is 2.52. The zero-order valence-electron chi connectivity index (χ0n) is 14.5. The molecule has 0 saturated heterocycles. The number of carbonyl (C=O) groups is 2. The van der Waals surface area contributed by atoms with Crippen molar-refractivity contribution in [3.8, 4) is 23.7 Å². The molecule has 0 unspecified atom stereocenters. The summed E-state index contributed by atoms with van der Waals surface area (Å²) in [5.74, 6) is 9.87. The van der Waals surface area contributed by atoms with Gasteiger partial charge in [-0.1, -0.05) is 37.2 Å². The van der Waals surface area contributed by atoms with Gasteiger partial charge in [-0.2, -0.15) is 0 Å². The number of ether oxygens (including phenoxy) is 1. The van der Waals surface area contributed by atoms with Crippen molar-refractivity contribution in [2.45, 2.75) is 64.9 Å². The van der Waals surface area contributed by atoms with Crippen LogP contribution in [0.1, 0.15) is 58.8 Å². The molecule has 1 N–H and O–H groups in total. The number of hydrogen-bond donors (Lipinski definition) is 1. The largest absolute Gasteiger partial charge is 0.481 e. The molecule has 0 aromatic heterocycles. The van der Waals surface area contributed by atoms with Gasteiger partial charge >= 0.3 is 11.9 Å². The van der Waals surface area contributed by atoms with E-state index in [2.05, 4.69) is 23.7 Å². The molecule has 0 aliphatic carbocycles. The van der Waals surface area contributed by atoms with E-state index in [9.17, 15) is 9.59 Å². The number of aliphatic carboxylic acids is 1. The summed E-state index contributed by atoms with van der Waals surface area (Å²) in [6, 6.07) is 0. The highest BCUT2D eigenvalue weighted by Crippen LogP contribution is 2.11. The maximum Gasteiger partial charge on any atom is 0.303 e. The minimum Gasteiger partial charge on any atom is -0.481 e. The van der Waals surface area contributed by atoms with Crippen molar-refractivity contribution in [1.29, 1.82) is 0 Å². The third-order valence-corrected chi connectivity index (χ3v) is 3.05. The van der Waals surface area contributed by atoms with Crippen LogP contribution in [0.15, 0.2) is 24.3 Å². The van der Waals surface area contributed by atoms with Crippen LogP contribution in [-0.4, -0.2) is 23.1 Å².